The summed E-state index contributed by atoms with van der Waals surface area (Å²) < 4.78 is 0. The average molecular weight is 219 g/mol. The molecule has 3 heteroatoms. The van der Waals surface area contributed by atoms with Gasteiger partial charge in [0.15, 0.2) is 0 Å². The molecule has 17 heavy (non-hydrogen) atoms. The number of benzene rings is 1. The normalized spacial score (nSPS) is 10.3. The molecule has 0 atom stereocenters. The quantitative estimate of drug-likeness (QED) is 0.683. The van der Waals surface area contributed by atoms with E-state index in [1.807, 2.05) is 36.4 Å². The fourth-order valence-corrected chi connectivity index (χ4v) is 1.90. The second-order valence-electron chi connectivity index (χ2n) is 3.78. The smallest absolute Gasteiger partial charge is 0.139 e. The van der Waals surface area contributed by atoms with Crippen LogP contribution in [0.2, 0.25) is 0 Å². The highest BCUT2D eigenvalue weighted by Crippen LogP contribution is 2.24. The summed E-state index contributed by atoms with van der Waals surface area (Å²) in [5.41, 5.74) is 3.47. The van der Waals surface area contributed by atoms with Gasteiger partial charge < -0.3 is 4.98 Å². The maximum absolute atomic E-state index is 9.02. The van der Waals surface area contributed by atoms with Crippen LogP contribution in [0.5, 0.6) is 0 Å². The number of rotatable bonds is 1. The first-order valence-electron chi connectivity index (χ1n) is 5.32. The molecule has 0 spiro atoms. The van der Waals surface area contributed by atoms with E-state index >= 15 is 0 Å². The van der Waals surface area contributed by atoms with Gasteiger partial charge in [-0.15, -0.1) is 0 Å². The van der Waals surface area contributed by atoms with Crippen LogP contribution in [0.25, 0.3) is 22.3 Å². The largest absolute Gasteiger partial charge is 0.339 e. The lowest BCUT2D eigenvalue weighted by molar-refractivity contribution is 1.32. The third-order valence-electron chi connectivity index (χ3n) is 2.74. The number of nitrogens with one attached hydrogen (secondary N) is 1. The van der Waals surface area contributed by atoms with E-state index < -0.39 is 0 Å². The highest BCUT2D eigenvalue weighted by molar-refractivity contribution is 5.87. The van der Waals surface area contributed by atoms with Gasteiger partial charge in [0, 0.05) is 17.3 Å². The molecule has 2 aromatic heterocycles. The van der Waals surface area contributed by atoms with Crippen LogP contribution >= 0.6 is 0 Å². The lowest BCUT2D eigenvalue weighted by Gasteiger charge is -1.94. The Morgan fingerprint density at radius 1 is 1.12 bits per heavy atom. The maximum atomic E-state index is 9.02. The molecular weight excluding hydrogens is 210 g/mol. The molecule has 0 aliphatic carbocycles. The summed E-state index contributed by atoms with van der Waals surface area (Å²) in [4.78, 5) is 7.45. The van der Waals surface area contributed by atoms with Gasteiger partial charge in [-0.1, -0.05) is 30.3 Å². The molecule has 3 nitrogen and oxygen atoms in total. The molecule has 2 heterocycles. The molecule has 0 bridgehead atoms. The molecule has 0 radical (unpaired) electrons. The Morgan fingerprint density at radius 2 is 1.94 bits per heavy atom. The number of H-pyrrole nitrogens is 1. The third-order valence-corrected chi connectivity index (χ3v) is 2.74. The van der Waals surface area contributed by atoms with E-state index in [0.29, 0.717) is 5.56 Å². The summed E-state index contributed by atoms with van der Waals surface area (Å²) in [6.45, 7) is 0. The summed E-state index contributed by atoms with van der Waals surface area (Å²) in [5.74, 6) is 0. The number of nitrogens with zero attached hydrogens (tertiary/aromatic N) is 2. The summed E-state index contributed by atoms with van der Waals surface area (Å²) in [5, 5.41) is 9.89. The minimum atomic E-state index is 0.647. The molecule has 3 aromatic rings. The van der Waals surface area contributed by atoms with E-state index in [4.69, 9.17) is 5.26 Å². The summed E-state index contributed by atoms with van der Waals surface area (Å²) >= 11 is 0. The predicted octanol–water partition coefficient (Wildman–Crippen LogP) is 3.10. The first-order chi connectivity index (χ1) is 8.38. The van der Waals surface area contributed by atoms with Crippen molar-refractivity contribution >= 4 is 11.0 Å². The van der Waals surface area contributed by atoms with E-state index in [-0.39, 0.29) is 0 Å². The number of hydrogen-bond acceptors (Lipinski definition) is 2. The molecule has 0 aliphatic heterocycles. The summed E-state index contributed by atoms with van der Waals surface area (Å²) in [7, 11) is 0. The maximum Gasteiger partial charge on any atom is 0.139 e. The minimum Gasteiger partial charge on any atom is -0.339 e. The number of fused-ring (bicyclic) bond motifs is 1. The molecule has 3 rings (SSSR count). The lowest BCUT2D eigenvalue weighted by atomic mass is 10.1. The second kappa shape index (κ2) is 3.76. The van der Waals surface area contributed by atoms with Crippen LogP contribution in [0.4, 0.5) is 0 Å². The number of aromatic nitrogens is 2. The monoisotopic (exact) mass is 219 g/mol. The number of nitriles is 1. The van der Waals surface area contributed by atoms with Gasteiger partial charge in [0.25, 0.3) is 0 Å². The number of pyridine rings is 1. The minimum absolute atomic E-state index is 0.647. The van der Waals surface area contributed by atoms with Crippen molar-refractivity contribution < 1.29 is 0 Å². The zero-order valence-electron chi connectivity index (χ0n) is 9.01. The molecule has 80 valence electrons. The van der Waals surface area contributed by atoms with Crippen LogP contribution < -0.4 is 0 Å². The van der Waals surface area contributed by atoms with Crippen molar-refractivity contribution in [2.45, 2.75) is 0 Å². The molecule has 1 aromatic carbocycles. The zero-order chi connectivity index (χ0) is 11.7. The van der Waals surface area contributed by atoms with Gasteiger partial charge in [-0.05, 0) is 17.7 Å². The van der Waals surface area contributed by atoms with E-state index in [2.05, 4.69) is 16.0 Å². The fourth-order valence-electron chi connectivity index (χ4n) is 1.90. The Bertz CT molecular complexity index is 705. The Kier molecular flexibility index (Phi) is 2.13. The molecule has 0 saturated heterocycles. The number of hydrogen-bond donors (Lipinski definition) is 1. The van der Waals surface area contributed by atoms with Gasteiger partial charge in [-0.2, -0.15) is 5.26 Å². The van der Waals surface area contributed by atoms with Crippen LogP contribution in [-0.2, 0) is 0 Å². The van der Waals surface area contributed by atoms with Crippen LogP contribution in [0.1, 0.15) is 5.56 Å². The average Bonchev–Trinajstić information content (AvgIpc) is 2.83. The highest BCUT2D eigenvalue weighted by atomic mass is 14.9. The molecule has 0 saturated carbocycles. The van der Waals surface area contributed by atoms with Gasteiger partial charge >= 0.3 is 0 Å². The Labute approximate surface area is 98.4 Å². The van der Waals surface area contributed by atoms with E-state index in [1.165, 1.54) is 0 Å². The van der Waals surface area contributed by atoms with Crippen LogP contribution in [0.3, 0.4) is 0 Å². The first-order valence-corrected chi connectivity index (χ1v) is 5.32. The van der Waals surface area contributed by atoms with Crippen molar-refractivity contribution in [3.63, 3.8) is 0 Å². The van der Waals surface area contributed by atoms with Gasteiger partial charge in [0.2, 0.25) is 0 Å². The topological polar surface area (TPSA) is 52.5 Å². The van der Waals surface area contributed by atoms with Gasteiger partial charge in [0.05, 0.1) is 11.6 Å². The first kappa shape index (κ1) is 9.61. The predicted molar refractivity (Wildman–Crippen MR) is 66.2 cm³/mol. The Morgan fingerprint density at radius 3 is 2.71 bits per heavy atom. The molecule has 0 unspecified atom stereocenters. The third kappa shape index (κ3) is 1.56. The van der Waals surface area contributed by atoms with Crippen molar-refractivity contribution in [2.75, 3.05) is 0 Å². The van der Waals surface area contributed by atoms with Crippen LogP contribution in [0, 0.1) is 11.3 Å². The van der Waals surface area contributed by atoms with Crippen LogP contribution in [-0.4, -0.2) is 9.97 Å². The molecule has 0 fully saturated rings. The van der Waals surface area contributed by atoms with Crippen molar-refractivity contribution in [2.24, 2.45) is 0 Å². The van der Waals surface area contributed by atoms with Gasteiger partial charge in [-0.3, -0.25) is 0 Å². The van der Waals surface area contributed by atoms with Crippen molar-refractivity contribution in [3.8, 4) is 17.3 Å². The van der Waals surface area contributed by atoms with E-state index in [9.17, 15) is 0 Å². The van der Waals surface area contributed by atoms with Gasteiger partial charge in [-0.25, -0.2) is 4.98 Å². The van der Waals surface area contributed by atoms with Crippen molar-refractivity contribution in [1.29, 1.82) is 5.26 Å². The van der Waals surface area contributed by atoms with Gasteiger partial charge in [0.1, 0.15) is 5.65 Å². The molecule has 0 amide bonds. The zero-order valence-corrected chi connectivity index (χ0v) is 9.01. The SMILES string of the molecule is N#Cc1ccnc2[nH]c(-c3ccccc3)cc12. The second-order valence-corrected chi connectivity index (χ2v) is 3.78. The fraction of sp³-hybridized carbons (Fsp3) is 0. The summed E-state index contributed by atoms with van der Waals surface area (Å²) in [6.07, 6.45) is 1.64. The molecular formula is C14H9N3. The van der Waals surface area contributed by atoms with E-state index in [1.54, 1.807) is 12.3 Å². The summed E-state index contributed by atoms with van der Waals surface area (Å²) in [6, 6.07) is 15.9. The molecule has 0 aliphatic rings. The Balaban J connectivity index is 2.25. The van der Waals surface area contributed by atoms with Crippen molar-refractivity contribution in [1.82, 2.24) is 9.97 Å². The van der Waals surface area contributed by atoms with Crippen LogP contribution in [0.15, 0.2) is 48.7 Å². The van der Waals surface area contributed by atoms with E-state index in [0.717, 1.165) is 22.3 Å². The lowest BCUT2D eigenvalue weighted by Crippen LogP contribution is -1.79. The molecule has 1 N–H and O–H groups in total. The van der Waals surface area contributed by atoms with Crippen molar-refractivity contribution in [3.05, 3.63) is 54.2 Å². The Hall–Kier alpha value is -2.60. The number of aromatic amines is 1. The highest BCUT2D eigenvalue weighted by Gasteiger charge is 2.06. The standard InChI is InChI=1S/C14H9N3/c15-9-11-6-7-16-14-12(11)8-13(17-14)10-4-2-1-3-5-10/h1-8H,(H,16,17).